The van der Waals surface area contributed by atoms with Gasteiger partial charge in [-0.25, -0.2) is 4.98 Å². The first-order chi connectivity index (χ1) is 10.0. The summed E-state index contributed by atoms with van der Waals surface area (Å²) < 4.78 is 10.3. The molecule has 0 amide bonds. The van der Waals surface area contributed by atoms with Gasteiger partial charge in [0.15, 0.2) is 0 Å². The van der Waals surface area contributed by atoms with Crippen LogP contribution in [0.3, 0.4) is 0 Å². The van der Waals surface area contributed by atoms with Gasteiger partial charge in [-0.15, -0.1) is 0 Å². The minimum absolute atomic E-state index is 0.0455. The van der Waals surface area contributed by atoms with Crippen molar-refractivity contribution in [2.24, 2.45) is 5.73 Å². The molecular weight excluding hydrogens is 268 g/mol. The van der Waals surface area contributed by atoms with Gasteiger partial charge in [0.05, 0.1) is 12.2 Å². The number of nitrogen functional groups attached to an aromatic ring is 1. The second-order valence-corrected chi connectivity index (χ2v) is 5.02. The highest BCUT2D eigenvalue weighted by atomic mass is 16.5. The molecule has 0 aromatic carbocycles. The fraction of sp³-hybridized carbons (Fsp3) is 0.600. The molecule has 0 unspecified atom stereocenters. The second-order valence-electron chi connectivity index (χ2n) is 5.02. The summed E-state index contributed by atoms with van der Waals surface area (Å²) in [5.74, 6) is 0.803. The van der Waals surface area contributed by atoms with Crippen LogP contribution in [0.4, 0.5) is 5.82 Å². The number of anilines is 1. The number of hydrogen-bond acceptors (Lipinski definition) is 5. The van der Waals surface area contributed by atoms with Crippen molar-refractivity contribution >= 4 is 11.7 Å². The lowest BCUT2D eigenvalue weighted by atomic mass is 10.1. The number of aryl methyl sites for hydroxylation is 2. The molecule has 0 aliphatic heterocycles. The minimum atomic E-state index is 0.0455. The first-order valence-electron chi connectivity index (χ1n) is 7.06. The van der Waals surface area contributed by atoms with E-state index < -0.39 is 0 Å². The van der Waals surface area contributed by atoms with Crippen LogP contribution in [-0.2, 0) is 9.47 Å². The van der Waals surface area contributed by atoms with Crippen LogP contribution in [-0.4, -0.2) is 51.3 Å². The van der Waals surface area contributed by atoms with E-state index in [9.17, 15) is 0 Å². The molecule has 0 saturated heterocycles. The first-order valence-corrected chi connectivity index (χ1v) is 7.06. The zero-order valence-electron chi connectivity index (χ0n) is 13.4. The normalized spacial score (nSPS) is 10.7. The molecule has 0 aliphatic carbocycles. The Morgan fingerprint density at radius 3 is 2.48 bits per heavy atom. The molecule has 0 saturated carbocycles. The Morgan fingerprint density at radius 2 is 1.90 bits per heavy atom. The van der Waals surface area contributed by atoms with Crippen LogP contribution < -0.4 is 10.6 Å². The lowest BCUT2D eigenvalue weighted by Gasteiger charge is -2.26. The number of nitrogens with one attached hydrogen (secondary N) is 1. The van der Waals surface area contributed by atoms with Crippen LogP contribution in [0.1, 0.15) is 23.2 Å². The van der Waals surface area contributed by atoms with Crippen LogP contribution in [0.25, 0.3) is 0 Å². The third-order valence-electron chi connectivity index (χ3n) is 3.24. The van der Waals surface area contributed by atoms with Crippen molar-refractivity contribution in [3.63, 3.8) is 0 Å². The van der Waals surface area contributed by atoms with Gasteiger partial charge in [-0.05, 0) is 31.9 Å². The molecule has 1 heterocycles. The standard InChI is InChI=1S/C15H26N4O2/c1-11-10-12(2)18-15(13(11)14(16)17)19(7-9-21-4)6-5-8-20-3/h10H,5-9H2,1-4H3,(H3,16,17). The van der Waals surface area contributed by atoms with Crippen LogP contribution >= 0.6 is 0 Å². The maximum Gasteiger partial charge on any atom is 0.140 e. The Bertz CT molecular complexity index is 477. The third-order valence-corrected chi connectivity index (χ3v) is 3.24. The summed E-state index contributed by atoms with van der Waals surface area (Å²) in [6, 6.07) is 1.95. The molecule has 0 radical (unpaired) electrons. The predicted octanol–water partition coefficient (Wildman–Crippen LogP) is 1.47. The number of rotatable bonds is 9. The molecule has 6 heteroatoms. The van der Waals surface area contributed by atoms with Gasteiger partial charge in [0.2, 0.25) is 0 Å². The maximum atomic E-state index is 7.83. The van der Waals surface area contributed by atoms with Crippen molar-refractivity contribution in [2.45, 2.75) is 20.3 Å². The van der Waals surface area contributed by atoms with Crippen molar-refractivity contribution in [1.29, 1.82) is 5.41 Å². The molecule has 1 aromatic heterocycles. The Labute approximate surface area is 126 Å². The quantitative estimate of drug-likeness (QED) is 0.409. The number of nitrogens with two attached hydrogens (primary N) is 1. The number of hydrogen-bond donors (Lipinski definition) is 2. The molecule has 0 fully saturated rings. The van der Waals surface area contributed by atoms with Crippen LogP contribution in [0, 0.1) is 19.3 Å². The van der Waals surface area contributed by atoms with Crippen molar-refractivity contribution in [3.8, 4) is 0 Å². The SMILES string of the molecule is COCCCN(CCOC)c1nc(C)cc(C)c1C(=N)N. The molecule has 118 valence electrons. The summed E-state index contributed by atoms with van der Waals surface area (Å²) in [4.78, 5) is 6.71. The molecule has 21 heavy (non-hydrogen) atoms. The van der Waals surface area contributed by atoms with Crippen molar-refractivity contribution in [1.82, 2.24) is 4.98 Å². The zero-order valence-corrected chi connectivity index (χ0v) is 13.4. The van der Waals surface area contributed by atoms with E-state index in [1.165, 1.54) is 0 Å². The number of amidine groups is 1. The lowest BCUT2D eigenvalue weighted by Crippen LogP contribution is -2.32. The first kappa shape index (κ1) is 17.4. The molecule has 0 aliphatic rings. The number of pyridine rings is 1. The van der Waals surface area contributed by atoms with E-state index in [0.717, 1.165) is 30.0 Å². The summed E-state index contributed by atoms with van der Waals surface area (Å²) in [7, 11) is 3.36. The van der Waals surface area contributed by atoms with Crippen molar-refractivity contribution in [3.05, 3.63) is 22.9 Å². The fourth-order valence-corrected chi connectivity index (χ4v) is 2.30. The van der Waals surface area contributed by atoms with E-state index in [0.29, 0.717) is 25.3 Å². The average Bonchev–Trinajstić information content (AvgIpc) is 2.41. The average molecular weight is 294 g/mol. The topological polar surface area (TPSA) is 84.5 Å². The number of aromatic nitrogens is 1. The summed E-state index contributed by atoms with van der Waals surface area (Å²) in [6.45, 7) is 6.68. The van der Waals surface area contributed by atoms with Gasteiger partial charge < -0.3 is 20.1 Å². The van der Waals surface area contributed by atoms with E-state index in [4.69, 9.17) is 20.6 Å². The molecule has 1 rings (SSSR count). The van der Waals surface area contributed by atoms with Gasteiger partial charge in [0, 0.05) is 39.6 Å². The van der Waals surface area contributed by atoms with Crippen molar-refractivity contribution < 1.29 is 9.47 Å². The summed E-state index contributed by atoms with van der Waals surface area (Å²) in [5.41, 5.74) is 8.34. The fourth-order valence-electron chi connectivity index (χ4n) is 2.30. The molecule has 1 aromatic rings. The molecule has 0 spiro atoms. The molecule has 0 atom stereocenters. The van der Waals surface area contributed by atoms with Gasteiger partial charge in [-0.1, -0.05) is 0 Å². The van der Waals surface area contributed by atoms with Gasteiger partial charge in [0.25, 0.3) is 0 Å². The molecule has 6 nitrogen and oxygen atoms in total. The van der Waals surface area contributed by atoms with Crippen LogP contribution in [0.5, 0.6) is 0 Å². The monoisotopic (exact) mass is 294 g/mol. The highest BCUT2D eigenvalue weighted by Crippen LogP contribution is 2.22. The Hall–Kier alpha value is -1.66. The largest absolute Gasteiger partial charge is 0.385 e. The van der Waals surface area contributed by atoms with Gasteiger partial charge >= 0.3 is 0 Å². The predicted molar refractivity (Wildman–Crippen MR) is 85.3 cm³/mol. The zero-order chi connectivity index (χ0) is 15.8. The molecule has 0 bridgehead atoms. The van der Waals surface area contributed by atoms with E-state index in [1.807, 2.05) is 19.9 Å². The van der Waals surface area contributed by atoms with E-state index in [1.54, 1.807) is 14.2 Å². The number of ether oxygens (including phenoxy) is 2. The molecular formula is C15H26N4O2. The Balaban J connectivity index is 3.11. The van der Waals surface area contributed by atoms with Gasteiger partial charge in [-0.2, -0.15) is 0 Å². The summed E-state index contributed by atoms with van der Waals surface area (Å²) in [6.07, 6.45) is 0.881. The maximum absolute atomic E-state index is 7.83. The second kappa shape index (κ2) is 8.59. The van der Waals surface area contributed by atoms with Crippen LogP contribution in [0.15, 0.2) is 6.07 Å². The highest BCUT2D eigenvalue weighted by Gasteiger charge is 2.17. The number of nitrogens with zero attached hydrogens (tertiary/aromatic N) is 2. The van der Waals surface area contributed by atoms with Crippen molar-refractivity contribution in [2.75, 3.05) is 45.4 Å². The van der Waals surface area contributed by atoms with Crippen LogP contribution in [0.2, 0.25) is 0 Å². The van der Waals surface area contributed by atoms with Gasteiger partial charge in [0.1, 0.15) is 11.7 Å². The number of methoxy groups -OCH3 is 2. The Kier molecular flexibility index (Phi) is 7.11. The molecule has 3 N–H and O–H groups in total. The Morgan fingerprint density at radius 1 is 1.24 bits per heavy atom. The summed E-state index contributed by atoms with van der Waals surface area (Å²) >= 11 is 0. The third kappa shape index (κ3) is 4.99. The van der Waals surface area contributed by atoms with E-state index >= 15 is 0 Å². The van der Waals surface area contributed by atoms with Gasteiger partial charge in [-0.3, -0.25) is 5.41 Å². The summed E-state index contributed by atoms with van der Waals surface area (Å²) in [5, 5.41) is 7.83. The minimum Gasteiger partial charge on any atom is -0.385 e. The smallest absolute Gasteiger partial charge is 0.140 e. The lowest BCUT2D eigenvalue weighted by molar-refractivity contribution is 0.191. The highest BCUT2D eigenvalue weighted by molar-refractivity contribution is 6.01. The van der Waals surface area contributed by atoms with E-state index in [-0.39, 0.29) is 5.84 Å². The van der Waals surface area contributed by atoms with E-state index in [2.05, 4.69) is 9.88 Å².